The summed E-state index contributed by atoms with van der Waals surface area (Å²) in [5, 5.41) is 28.4. The summed E-state index contributed by atoms with van der Waals surface area (Å²) < 4.78 is 0. The van der Waals surface area contributed by atoms with Gasteiger partial charge >= 0.3 is 5.97 Å². The van der Waals surface area contributed by atoms with Gasteiger partial charge in [-0.15, -0.1) is 10.2 Å². The molecule has 0 aliphatic heterocycles. The van der Waals surface area contributed by atoms with E-state index in [0.29, 0.717) is 28.3 Å². The number of carboxylic acids is 1. The molecule has 7 heteroatoms. The molecule has 6 nitrogen and oxygen atoms in total. The third-order valence-corrected chi connectivity index (χ3v) is 5.05. The van der Waals surface area contributed by atoms with Gasteiger partial charge < -0.3 is 10.2 Å². The summed E-state index contributed by atoms with van der Waals surface area (Å²) >= 11 is 6.10. The van der Waals surface area contributed by atoms with Gasteiger partial charge in [0.25, 0.3) is 0 Å². The number of aryl methyl sites for hydroxylation is 2. The van der Waals surface area contributed by atoms with Crippen molar-refractivity contribution in [3.8, 4) is 5.75 Å². The van der Waals surface area contributed by atoms with E-state index in [-0.39, 0.29) is 34.8 Å². The number of azo groups is 1. The predicted octanol–water partition coefficient (Wildman–Crippen LogP) is 6.57. The summed E-state index contributed by atoms with van der Waals surface area (Å²) in [5.41, 5.74) is 2.73. The summed E-state index contributed by atoms with van der Waals surface area (Å²) in [4.78, 5) is 23.9. The molecule has 3 aromatic carbocycles. The average Bonchev–Trinajstić information content (AvgIpc) is 2.78. The first-order chi connectivity index (χ1) is 15.3. The van der Waals surface area contributed by atoms with E-state index in [1.165, 1.54) is 6.07 Å². The molecule has 0 fully saturated rings. The maximum atomic E-state index is 12.9. The number of hydrogen-bond acceptors (Lipinski definition) is 5. The third kappa shape index (κ3) is 5.47. The Morgan fingerprint density at radius 3 is 2.38 bits per heavy atom. The largest absolute Gasteiger partial charge is 0.505 e. The molecule has 0 radical (unpaired) electrons. The van der Waals surface area contributed by atoms with E-state index in [0.717, 1.165) is 5.56 Å². The quantitative estimate of drug-likeness (QED) is 0.231. The number of halogens is 1. The van der Waals surface area contributed by atoms with Gasteiger partial charge in [0.05, 0.1) is 11.3 Å². The Bertz CT molecular complexity index is 1220. The topological polar surface area (TPSA) is 99.3 Å². The Morgan fingerprint density at radius 2 is 1.69 bits per heavy atom. The molecule has 0 bridgehead atoms. The average molecular weight is 449 g/mol. The van der Waals surface area contributed by atoms with Crippen LogP contribution in [-0.2, 0) is 11.2 Å². The zero-order valence-electron chi connectivity index (χ0n) is 17.4. The Morgan fingerprint density at radius 1 is 1.00 bits per heavy atom. The van der Waals surface area contributed by atoms with Crippen molar-refractivity contribution in [1.29, 1.82) is 0 Å². The highest BCUT2D eigenvalue weighted by Crippen LogP contribution is 2.35. The lowest BCUT2D eigenvalue weighted by molar-refractivity contribution is -0.132. The molecule has 0 saturated carbocycles. The molecule has 0 atom stereocenters. The maximum Gasteiger partial charge on any atom is 0.330 e. The number of aromatic hydroxyl groups is 1. The van der Waals surface area contributed by atoms with Crippen molar-refractivity contribution in [2.24, 2.45) is 10.2 Å². The summed E-state index contributed by atoms with van der Waals surface area (Å²) in [5.74, 6) is -1.42. The van der Waals surface area contributed by atoms with Crippen LogP contribution in [0.25, 0.3) is 0 Å². The Kier molecular flexibility index (Phi) is 7.18. The molecule has 3 aromatic rings. The molecule has 3 rings (SSSR count). The van der Waals surface area contributed by atoms with E-state index in [9.17, 15) is 14.7 Å². The number of phenolic OH excluding ortho intramolecular Hbond substituents is 1. The second kappa shape index (κ2) is 10.0. The number of hydrogen-bond donors (Lipinski definition) is 2. The molecule has 0 unspecified atom stereocenters. The van der Waals surface area contributed by atoms with Crippen LogP contribution >= 0.6 is 11.6 Å². The highest BCUT2D eigenvalue weighted by Gasteiger charge is 2.15. The Labute approximate surface area is 190 Å². The van der Waals surface area contributed by atoms with Gasteiger partial charge in [-0.1, -0.05) is 54.6 Å². The molecule has 162 valence electrons. The minimum atomic E-state index is -1.07. The molecule has 0 aliphatic rings. The van der Waals surface area contributed by atoms with Gasteiger partial charge in [0.15, 0.2) is 5.78 Å². The number of carboxylic acid groups (broad SMARTS) is 1. The molecular formula is C25H21ClN2O4. The minimum Gasteiger partial charge on any atom is -0.505 e. The number of aliphatic carboxylic acids is 1. The van der Waals surface area contributed by atoms with E-state index in [1.54, 1.807) is 48.5 Å². The molecular weight excluding hydrogens is 428 g/mol. The van der Waals surface area contributed by atoms with Crippen molar-refractivity contribution >= 4 is 34.7 Å². The number of carbonyl (C=O) groups is 2. The molecule has 2 N–H and O–H groups in total. The van der Waals surface area contributed by atoms with Gasteiger partial charge in [-0.3, -0.25) is 4.79 Å². The van der Waals surface area contributed by atoms with Crippen molar-refractivity contribution in [3.05, 3.63) is 100 Å². The standard InChI is InChI=1S/C25H21ClN2O4/c1-15-12-18(9-8-16(2)25(31)32)24(30)22(13-15)28-27-21-11-10-19(26)14-20(21)23(29)17-6-4-3-5-7-17/h3-7,10-14,30H,2,8-9H2,1H3,(H,31,32). The zero-order valence-corrected chi connectivity index (χ0v) is 18.1. The molecule has 0 saturated heterocycles. The van der Waals surface area contributed by atoms with E-state index in [4.69, 9.17) is 16.7 Å². The van der Waals surface area contributed by atoms with Crippen LogP contribution in [0.5, 0.6) is 5.75 Å². The van der Waals surface area contributed by atoms with Crippen molar-refractivity contribution in [1.82, 2.24) is 0 Å². The highest BCUT2D eigenvalue weighted by molar-refractivity contribution is 6.31. The number of phenols is 1. The van der Waals surface area contributed by atoms with Crippen molar-refractivity contribution in [2.75, 3.05) is 0 Å². The minimum absolute atomic E-state index is 0.0549. The van der Waals surface area contributed by atoms with E-state index in [1.807, 2.05) is 13.0 Å². The first kappa shape index (κ1) is 22.9. The maximum absolute atomic E-state index is 12.9. The van der Waals surface area contributed by atoms with Gasteiger partial charge in [-0.25, -0.2) is 4.79 Å². The van der Waals surface area contributed by atoms with E-state index >= 15 is 0 Å². The van der Waals surface area contributed by atoms with Gasteiger partial charge in [0.2, 0.25) is 0 Å². The zero-order chi connectivity index (χ0) is 23.3. The van der Waals surface area contributed by atoms with Gasteiger partial charge in [0.1, 0.15) is 11.4 Å². The fraction of sp³-hybridized carbons (Fsp3) is 0.120. The van der Waals surface area contributed by atoms with Gasteiger partial charge in [-0.05, 0) is 55.2 Å². The van der Waals surface area contributed by atoms with Crippen molar-refractivity contribution in [2.45, 2.75) is 19.8 Å². The molecule has 0 spiro atoms. The predicted molar refractivity (Wildman–Crippen MR) is 123 cm³/mol. The first-order valence-corrected chi connectivity index (χ1v) is 10.2. The highest BCUT2D eigenvalue weighted by atomic mass is 35.5. The number of carbonyl (C=O) groups excluding carboxylic acids is 1. The van der Waals surface area contributed by atoms with E-state index in [2.05, 4.69) is 16.8 Å². The fourth-order valence-electron chi connectivity index (χ4n) is 3.12. The van der Waals surface area contributed by atoms with Crippen LogP contribution in [-0.4, -0.2) is 22.0 Å². The SMILES string of the molecule is C=C(CCc1cc(C)cc(N=Nc2ccc(Cl)cc2C(=O)c2ccccc2)c1O)C(=O)O. The van der Waals surface area contributed by atoms with Crippen molar-refractivity contribution in [3.63, 3.8) is 0 Å². The lowest BCUT2D eigenvalue weighted by atomic mass is 10.0. The van der Waals surface area contributed by atoms with Gasteiger partial charge in [0, 0.05) is 16.2 Å². The van der Waals surface area contributed by atoms with Crippen LogP contribution < -0.4 is 0 Å². The molecule has 0 aromatic heterocycles. The van der Waals surface area contributed by atoms with Crippen LogP contribution in [0.15, 0.2) is 83.0 Å². The molecule has 0 amide bonds. The van der Waals surface area contributed by atoms with Crippen LogP contribution in [0, 0.1) is 6.92 Å². The van der Waals surface area contributed by atoms with E-state index < -0.39 is 5.97 Å². The summed E-state index contributed by atoms with van der Waals surface area (Å²) in [6.07, 6.45) is 0.482. The lowest BCUT2D eigenvalue weighted by Crippen LogP contribution is -2.01. The van der Waals surface area contributed by atoms with Gasteiger partial charge in [-0.2, -0.15) is 0 Å². The van der Waals surface area contributed by atoms with Crippen LogP contribution in [0.2, 0.25) is 5.02 Å². The Hall–Kier alpha value is -3.77. The first-order valence-electron chi connectivity index (χ1n) is 9.81. The normalized spacial score (nSPS) is 10.9. The number of ketones is 1. The fourth-order valence-corrected chi connectivity index (χ4v) is 3.29. The Balaban J connectivity index is 1.94. The second-order valence-electron chi connectivity index (χ2n) is 7.26. The molecule has 0 aliphatic carbocycles. The summed E-state index contributed by atoms with van der Waals surface area (Å²) in [7, 11) is 0. The molecule has 0 heterocycles. The van der Waals surface area contributed by atoms with Crippen LogP contribution in [0.1, 0.15) is 33.5 Å². The van der Waals surface area contributed by atoms with Crippen molar-refractivity contribution < 1.29 is 19.8 Å². The monoisotopic (exact) mass is 448 g/mol. The van der Waals surface area contributed by atoms with Crippen LogP contribution in [0.3, 0.4) is 0 Å². The summed E-state index contributed by atoms with van der Waals surface area (Å²) in [6.45, 7) is 5.35. The third-order valence-electron chi connectivity index (χ3n) is 4.82. The molecule has 32 heavy (non-hydrogen) atoms. The smallest absolute Gasteiger partial charge is 0.330 e. The lowest BCUT2D eigenvalue weighted by Gasteiger charge is -2.09. The number of benzene rings is 3. The number of nitrogens with zero attached hydrogens (tertiary/aromatic N) is 2. The number of rotatable bonds is 8. The van der Waals surface area contributed by atoms with Crippen LogP contribution in [0.4, 0.5) is 11.4 Å². The second-order valence-corrected chi connectivity index (χ2v) is 7.69. The summed E-state index contributed by atoms with van der Waals surface area (Å²) in [6, 6.07) is 16.9.